The SMILES string of the molecule is CC1CCC2(C1)OO[C@H]1OCC[C@H]12. The molecule has 1 saturated carbocycles. The van der Waals surface area contributed by atoms with Crippen LogP contribution in [0.5, 0.6) is 0 Å². The molecular weight excluding hydrogens is 168 g/mol. The lowest BCUT2D eigenvalue weighted by atomic mass is 9.84. The minimum absolute atomic E-state index is 0.0145. The van der Waals surface area contributed by atoms with E-state index in [4.69, 9.17) is 14.5 Å². The van der Waals surface area contributed by atoms with Crippen LogP contribution in [0.15, 0.2) is 0 Å². The molecule has 3 fully saturated rings. The molecule has 2 aliphatic heterocycles. The molecule has 0 aromatic carbocycles. The lowest BCUT2D eigenvalue weighted by Crippen LogP contribution is -2.33. The van der Waals surface area contributed by atoms with Gasteiger partial charge >= 0.3 is 0 Å². The van der Waals surface area contributed by atoms with Gasteiger partial charge in [0.25, 0.3) is 0 Å². The molecule has 2 heterocycles. The van der Waals surface area contributed by atoms with E-state index in [1.165, 1.54) is 6.42 Å². The Labute approximate surface area is 78.3 Å². The quantitative estimate of drug-likeness (QED) is 0.538. The second kappa shape index (κ2) is 2.69. The van der Waals surface area contributed by atoms with Gasteiger partial charge in [0.15, 0.2) is 6.29 Å². The maximum absolute atomic E-state index is 5.51. The molecule has 0 radical (unpaired) electrons. The van der Waals surface area contributed by atoms with E-state index in [2.05, 4.69) is 6.92 Å². The zero-order valence-electron chi connectivity index (χ0n) is 7.99. The van der Waals surface area contributed by atoms with Gasteiger partial charge in [-0.25, -0.2) is 9.78 Å². The van der Waals surface area contributed by atoms with Crippen molar-refractivity contribution in [2.75, 3.05) is 6.61 Å². The minimum Gasteiger partial charge on any atom is -0.349 e. The van der Waals surface area contributed by atoms with E-state index < -0.39 is 0 Å². The van der Waals surface area contributed by atoms with Crippen LogP contribution in [-0.4, -0.2) is 18.5 Å². The molecule has 0 aromatic heterocycles. The number of ether oxygens (including phenoxy) is 1. The van der Waals surface area contributed by atoms with E-state index in [0.29, 0.717) is 5.92 Å². The molecule has 3 rings (SSSR count). The van der Waals surface area contributed by atoms with Crippen molar-refractivity contribution in [2.45, 2.75) is 44.5 Å². The van der Waals surface area contributed by atoms with Crippen LogP contribution in [0, 0.1) is 11.8 Å². The maximum atomic E-state index is 5.51. The largest absolute Gasteiger partial charge is 0.349 e. The Morgan fingerprint density at radius 1 is 1.31 bits per heavy atom. The molecular formula is C10H16O3. The molecule has 1 aliphatic carbocycles. The average molecular weight is 184 g/mol. The van der Waals surface area contributed by atoms with E-state index in [9.17, 15) is 0 Å². The Bertz CT molecular complexity index is 214. The molecule has 1 spiro atoms. The Hall–Kier alpha value is -0.120. The minimum atomic E-state index is -0.0645. The summed E-state index contributed by atoms with van der Waals surface area (Å²) in [6.07, 6.45) is 4.62. The summed E-state index contributed by atoms with van der Waals surface area (Å²) in [4.78, 5) is 10.8. The van der Waals surface area contributed by atoms with Gasteiger partial charge in [0.05, 0.1) is 6.61 Å². The molecule has 0 aromatic rings. The molecule has 13 heavy (non-hydrogen) atoms. The normalized spacial score (nSPS) is 54.7. The zero-order chi connectivity index (χ0) is 8.89. The summed E-state index contributed by atoms with van der Waals surface area (Å²) in [5.74, 6) is 1.28. The summed E-state index contributed by atoms with van der Waals surface area (Å²) in [5.41, 5.74) is 0.0145. The predicted molar refractivity (Wildman–Crippen MR) is 45.8 cm³/mol. The average Bonchev–Trinajstić information content (AvgIpc) is 2.72. The first-order chi connectivity index (χ1) is 6.30. The summed E-state index contributed by atoms with van der Waals surface area (Å²) >= 11 is 0. The van der Waals surface area contributed by atoms with Crippen LogP contribution in [0.1, 0.15) is 32.6 Å². The summed E-state index contributed by atoms with van der Waals surface area (Å²) in [6.45, 7) is 3.13. The fourth-order valence-electron chi connectivity index (χ4n) is 3.07. The monoisotopic (exact) mass is 184 g/mol. The van der Waals surface area contributed by atoms with Crippen molar-refractivity contribution >= 4 is 0 Å². The van der Waals surface area contributed by atoms with Gasteiger partial charge in [0.2, 0.25) is 0 Å². The topological polar surface area (TPSA) is 27.7 Å². The van der Waals surface area contributed by atoms with Crippen molar-refractivity contribution < 1.29 is 14.5 Å². The molecule has 3 aliphatic rings. The van der Waals surface area contributed by atoms with Gasteiger partial charge in [-0.2, -0.15) is 0 Å². The summed E-state index contributed by atoms with van der Waals surface area (Å²) in [7, 11) is 0. The van der Waals surface area contributed by atoms with E-state index in [1.54, 1.807) is 0 Å². The third-order valence-electron chi connectivity index (χ3n) is 3.78. The van der Waals surface area contributed by atoms with Crippen molar-refractivity contribution in [3.05, 3.63) is 0 Å². The van der Waals surface area contributed by atoms with E-state index in [-0.39, 0.29) is 11.9 Å². The van der Waals surface area contributed by atoms with Crippen molar-refractivity contribution in [3.8, 4) is 0 Å². The number of hydrogen-bond donors (Lipinski definition) is 0. The van der Waals surface area contributed by atoms with Crippen LogP contribution < -0.4 is 0 Å². The highest BCUT2D eigenvalue weighted by Gasteiger charge is 2.57. The lowest BCUT2D eigenvalue weighted by molar-refractivity contribution is -0.360. The second-order valence-electron chi connectivity index (χ2n) is 4.73. The molecule has 0 N–H and O–H groups in total. The second-order valence-corrected chi connectivity index (χ2v) is 4.73. The number of rotatable bonds is 0. The summed E-state index contributed by atoms with van der Waals surface area (Å²) < 4.78 is 5.45. The molecule has 3 nitrogen and oxygen atoms in total. The fraction of sp³-hybridized carbons (Fsp3) is 1.00. The highest BCUT2D eigenvalue weighted by atomic mass is 17.2. The number of fused-ring (bicyclic) bond motifs is 2. The van der Waals surface area contributed by atoms with Gasteiger partial charge < -0.3 is 4.74 Å². The lowest BCUT2D eigenvalue weighted by Gasteiger charge is -2.24. The third kappa shape index (κ3) is 1.07. The molecule has 74 valence electrons. The molecule has 0 amide bonds. The maximum Gasteiger partial charge on any atom is 0.196 e. The first-order valence-corrected chi connectivity index (χ1v) is 5.26. The van der Waals surface area contributed by atoms with Gasteiger partial charge in [-0.1, -0.05) is 6.92 Å². The molecule has 3 heteroatoms. The van der Waals surface area contributed by atoms with Crippen LogP contribution in [0.4, 0.5) is 0 Å². The summed E-state index contributed by atoms with van der Waals surface area (Å²) in [6, 6.07) is 0. The summed E-state index contributed by atoms with van der Waals surface area (Å²) in [5, 5.41) is 0. The molecule has 2 unspecified atom stereocenters. The van der Waals surface area contributed by atoms with E-state index >= 15 is 0 Å². The van der Waals surface area contributed by atoms with Crippen molar-refractivity contribution in [1.82, 2.24) is 0 Å². The van der Waals surface area contributed by atoms with Crippen LogP contribution in [-0.2, 0) is 14.5 Å². The van der Waals surface area contributed by atoms with Gasteiger partial charge in [-0.15, -0.1) is 0 Å². The van der Waals surface area contributed by atoms with Gasteiger partial charge in [0.1, 0.15) is 5.60 Å². The van der Waals surface area contributed by atoms with Crippen LogP contribution >= 0.6 is 0 Å². The highest BCUT2D eigenvalue weighted by molar-refractivity contribution is 4.99. The Morgan fingerprint density at radius 3 is 3.00 bits per heavy atom. The first kappa shape index (κ1) is 8.21. The Morgan fingerprint density at radius 2 is 2.23 bits per heavy atom. The smallest absolute Gasteiger partial charge is 0.196 e. The van der Waals surface area contributed by atoms with Crippen molar-refractivity contribution in [3.63, 3.8) is 0 Å². The third-order valence-corrected chi connectivity index (χ3v) is 3.78. The van der Waals surface area contributed by atoms with Crippen LogP contribution in [0.2, 0.25) is 0 Å². The van der Waals surface area contributed by atoms with Gasteiger partial charge in [0, 0.05) is 5.92 Å². The predicted octanol–water partition coefficient (Wildman–Crippen LogP) is 1.87. The molecule has 2 saturated heterocycles. The standard InChI is InChI=1S/C10H16O3/c1-7-2-4-10(6-7)8-3-5-11-9(8)12-13-10/h7-9H,2-6H2,1H3/t7?,8-,9-,10?/m1/s1. The molecule has 4 atom stereocenters. The molecule has 0 bridgehead atoms. The van der Waals surface area contributed by atoms with E-state index in [0.717, 1.165) is 31.8 Å². The van der Waals surface area contributed by atoms with Crippen molar-refractivity contribution in [2.24, 2.45) is 11.8 Å². The van der Waals surface area contributed by atoms with Gasteiger partial charge in [-0.05, 0) is 31.6 Å². The first-order valence-electron chi connectivity index (χ1n) is 5.26. The fourth-order valence-corrected chi connectivity index (χ4v) is 3.07. The van der Waals surface area contributed by atoms with Crippen molar-refractivity contribution in [1.29, 1.82) is 0 Å². The Kier molecular flexibility index (Phi) is 1.70. The number of hydrogen-bond acceptors (Lipinski definition) is 3. The van der Waals surface area contributed by atoms with E-state index in [1.807, 2.05) is 0 Å². The van der Waals surface area contributed by atoms with Gasteiger partial charge in [-0.3, -0.25) is 0 Å². The van der Waals surface area contributed by atoms with Crippen LogP contribution in [0.25, 0.3) is 0 Å². The Balaban J connectivity index is 1.83. The zero-order valence-corrected chi connectivity index (χ0v) is 7.99. The highest BCUT2D eigenvalue weighted by Crippen LogP contribution is 2.51. The van der Waals surface area contributed by atoms with Crippen LogP contribution in [0.3, 0.4) is 0 Å².